The lowest BCUT2D eigenvalue weighted by atomic mass is 10.1. The van der Waals surface area contributed by atoms with E-state index in [1.54, 1.807) is 24.5 Å². The van der Waals surface area contributed by atoms with Crippen LogP contribution in [-0.4, -0.2) is 49.6 Å². The molecule has 1 aliphatic rings. The molecule has 1 fully saturated rings. The lowest BCUT2D eigenvalue weighted by molar-refractivity contribution is -0.119. The predicted octanol–water partition coefficient (Wildman–Crippen LogP) is 3.87. The van der Waals surface area contributed by atoms with Gasteiger partial charge in [0.1, 0.15) is 12.4 Å². The van der Waals surface area contributed by atoms with E-state index in [0.717, 1.165) is 5.71 Å². The largest absolute Gasteiger partial charge is 0.412 e. The van der Waals surface area contributed by atoms with Gasteiger partial charge in [-0.3, -0.25) is 4.79 Å². The van der Waals surface area contributed by atoms with Crippen LogP contribution in [0.1, 0.15) is 32.8 Å². The van der Waals surface area contributed by atoms with Gasteiger partial charge in [-0.1, -0.05) is 44.1 Å². The van der Waals surface area contributed by atoms with Crippen molar-refractivity contribution in [1.29, 1.82) is 0 Å². The first-order valence-corrected chi connectivity index (χ1v) is 13.8. The number of halogens is 1. The van der Waals surface area contributed by atoms with Crippen molar-refractivity contribution < 1.29 is 18.4 Å². The van der Waals surface area contributed by atoms with Crippen molar-refractivity contribution in [3.05, 3.63) is 42.0 Å². The third-order valence-corrected chi connectivity index (χ3v) is 10.6. The number of rotatable bonds is 9. The highest BCUT2D eigenvalue weighted by molar-refractivity contribution is 6.74. The maximum atomic E-state index is 15.2. The maximum absolute atomic E-state index is 15.2. The van der Waals surface area contributed by atoms with Crippen LogP contribution in [0, 0.1) is 5.82 Å². The van der Waals surface area contributed by atoms with Crippen molar-refractivity contribution in [1.82, 2.24) is 9.97 Å². The number of anilines is 1. The zero-order valence-electron chi connectivity index (χ0n) is 19.9. The van der Waals surface area contributed by atoms with Gasteiger partial charge < -0.3 is 19.9 Å². The number of hydrogen-bond acceptors (Lipinski definition) is 7. The smallest absolute Gasteiger partial charge is 0.225 e. The van der Waals surface area contributed by atoms with Crippen molar-refractivity contribution in [3.8, 4) is 11.1 Å². The van der Waals surface area contributed by atoms with Gasteiger partial charge in [-0.15, -0.1) is 0 Å². The molecule has 1 aliphatic heterocycles. The molecule has 8 nitrogen and oxygen atoms in total. The highest BCUT2D eigenvalue weighted by Gasteiger charge is 2.37. The predicted molar refractivity (Wildman–Crippen MR) is 129 cm³/mol. The minimum absolute atomic E-state index is 0.0574. The quantitative estimate of drug-likeness (QED) is 0.337. The van der Waals surface area contributed by atoms with Gasteiger partial charge in [-0.2, -0.15) is 0 Å². The Morgan fingerprint density at radius 2 is 1.91 bits per heavy atom. The lowest BCUT2D eigenvalue weighted by Crippen LogP contribution is -2.48. The van der Waals surface area contributed by atoms with Gasteiger partial charge in [0, 0.05) is 29.1 Å². The summed E-state index contributed by atoms with van der Waals surface area (Å²) >= 11 is 0. The van der Waals surface area contributed by atoms with Crippen LogP contribution in [0.2, 0.25) is 18.1 Å². The molecule has 2 aromatic rings. The molecule has 0 atom stereocenters. The maximum Gasteiger partial charge on any atom is 0.225 e. The van der Waals surface area contributed by atoms with Gasteiger partial charge in [0.2, 0.25) is 11.9 Å². The molecule has 1 aromatic heterocycles. The van der Waals surface area contributed by atoms with E-state index in [0.29, 0.717) is 35.7 Å². The van der Waals surface area contributed by atoms with E-state index >= 15 is 4.39 Å². The Kier molecular flexibility index (Phi) is 7.48. The first-order chi connectivity index (χ1) is 15.5. The minimum Gasteiger partial charge on any atom is -0.412 e. The van der Waals surface area contributed by atoms with Crippen molar-refractivity contribution in [2.45, 2.75) is 51.9 Å². The third-order valence-electron chi connectivity index (χ3n) is 6.09. The summed E-state index contributed by atoms with van der Waals surface area (Å²) in [4.78, 5) is 26.4. The summed E-state index contributed by atoms with van der Waals surface area (Å²) in [5, 5.41) is 4.02. The summed E-state index contributed by atoms with van der Waals surface area (Å²) in [6, 6.07) is 5.31. The second-order valence-corrected chi connectivity index (χ2v) is 14.5. The van der Waals surface area contributed by atoms with Crippen LogP contribution in [-0.2, 0) is 20.7 Å². The fraction of sp³-hybridized carbons (Fsp3) is 0.478. The fourth-order valence-electron chi connectivity index (χ4n) is 2.89. The van der Waals surface area contributed by atoms with Gasteiger partial charge in [0.05, 0.1) is 31.8 Å². The molecule has 0 unspecified atom stereocenters. The highest BCUT2D eigenvalue weighted by atomic mass is 28.4. The summed E-state index contributed by atoms with van der Waals surface area (Å²) in [6.45, 7) is 12.3. The van der Waals surface area contributed by atoms with Crippen LogP contribution in [0.15, 0.2) is 35.7 Å². The Morgan fingerprint density at radius 3 is 2.52 bits per heavy atom. The number of aromatic nitrogens is 2. The number of nitrogens with two attached hydrogens (primary N) is 1. The number of primary amides is 1. The molecule has 2 heterocycles. The normalized spacial score (nSPS) is 14.1. The summed E-state index contributed by atoms with van der Waals surface area (Å²) in [5.74, 6) is -0.198. The molecule has 0 aliphatic carbocycles. The average molecular weight is 474 g/mol. The van der Waals surface area contributed by atoms with E-state index in [9.17, 15) is 4.79 Å². The lowest BCUT2D eigenvalue weighted by Gasteiger charge is -2.36. The van der Waals surface area contributed by atoms with Crippen molar-refractivity contribution >= 4 is 25.9 Å². The summed E-state index contributed by atoms with van der Waals surface area (Å²) in [5.41, 5.74) is 7.47. The Labute approximate surface area is 195 Å². The molecule has 1 aromatic carbocycles. The molecule has 2 N–H and O–H groups in total. The van der Waals surface area contributed by atoms with Crippen LogP contribution in [0.25, 0.3) is 11.1 Å². The molecule has 0 radical (unpaired) electrons. The molecule has 1 amide bonds. The van der Waals surface area contributed by atoms with E-state index in [-0.39, 0.29) is 30.5 Å². The Balaban J connectivity index is 1.62. The van der Waals surface area contributed by atoms with E-state index < -0.39 is 14.2 Å². The number of oxime groups is 1. The van der Waals surface area contributed by atoms with Gasteiger partial charge in [0.15, 0.2) is 8.32 Å². The zero-order chi connectivity index (χ0) is 24.2. The van der Waals surface area contributed by atoms with Gasteiger partial charge in [0.25, 0.3) is 0 Å². The van der Waals surface area contributed by atoms with Gasteiger partial charge in [-0.25, -0.2) is 14.4 Å². The monoisotopic (exact) mass is 473 g/mol. The Morgan fingerprint density at radius 1 is 1.24 bits per heavy atom. The van der Waals surface area contributed by atoms with Crippen LogP contribution in [0.4, 0.5) is 10.3 Å². The van der Waals surface area contributed by atoms with E-state index in [4.69, 9.17) is 15.0 Å². The van der Waals surface area contributed by atoms with Gasteiger partial charge in [-0.05, 0) is 18.1 Å². The number of hydrogen-bond donors (Lipinski definition) is 1. The number of benzene rings is 1. The van der Waals surface area contributed by atoms with Crippen molar-refractivity contribution in [2.24, 2.45) is 10.9 Å². The molecule has 10 heteroatoms. The molecule has 178 valence electrons. The van der Waals surface area contributed by atoms with Crippen molar-refractivity contribution in [3.63, 3.8) is 0 Å². The molecule has 3 rings (SSSR count). The standard InChI is InChI=1S/C23H32FN5O3Si/c1-23(2,3)33(4,5)32-15-16-7-6-8-19(21(16)24)17-11-26-22(27-12-17)29-13-18(14-29)28-31-10-9-20(25)30/h6-8,11-12H,9-10,13-15H2,1-5H3,(H2,25,30). The number of carbonyl (C=O) groups is 1. The molecule has 0 spiro atoms. The number of amides is 1. The second-order valence-electron chi connectivity index (χ2n) is 9.66. The molecule has 0 saturated carbocycles. The van der Waals surface area contributed by atoms with Crippen LogP contribution in [0.5, 0.6) is 0 Å². The molecule has 0 bridgehead atoms. The number of nitrogens with zero attached hydrogens (tertiary/aromatic N) is 4. The van der Waals surface area contributed by atoms with Crippen LogP contribution >= 0.6 is 0 Å². The summed E-state index contributed by atoms with van der Waals surface area (Å²) < 4.78 is 21.4. The third kappa shape index (κ3) is 6.14. The van der Waals surface area contributed by atoms with Crippen LogP contribution < -0.4 is 10.6 Å². The SMILES string of the molecule is CC(C)(C)[Si](C)(C)OCc1cccc(-c2cnc(N3CC(=NOCCC(N)=O)C3)nc2)c1F. The topological polar surface area (TPSA) is 103 Å². The fourth-order valence-corrected chi connectivity index (χ4v) is 3.84. The molecular formula is C23H32FN5O3Si. The number of carbonyl (C=O) groups excluding carboxylic acids is 1. The minimum atomic E-state index is -1.98. The average Bonchev–Trinajstić information content (AvgIpc) is 2.71. The second kappa shape index (κ2) is 9.96. The Hall–Kier alpha value is -2.85. The van der Waals surface area contributed by atoms with E-state index in [2.05, 4.69) is 49.0 Å². The van der Waals surface area contributed by atoms with E-state index in [1.807, 2.05) is 11.0 Å². The molecular weight excluding hydrogens is 441 g/mol. The molecule has 33 heavy (non-hydrogen) atoms. The summed E-state index contributed by atoms with van der Waals surface area (Å²) in [7, 11) is -1.98. The highest BCUT2D eigenvalue weighted by Crippen LogP contribution is 2.37. The van der Waals surface area contributed by atoms with Gasteiger partial charge >= 0.3 is 0 Å². The summed E-state index contributed by atoms with van der Waals surface area (Å²) in [6.07, 6.45) is 3.38. The molecule has 1 saturated heterocycles. The van der Waals surface area contributed by atoms with E-state index in [1.165, 1.54) is 0 Å². The van der Waals surface area contributed by atoms with Crippen LogP contribution in [0.3, 0.4) is 0 Å². The van der Waals surface area contributed by atoms with Crippen molar-refractivity contribution in [2.75, 3.05) is 24.6 Å². The first-order valence-electron chi connectivity index (χ1n) is 10.9. The zero-order valence-corrected chi connectivity index (χ0v) is 20.9. The Bertz CT molecular complexity index is 1010. The first kappa shape index (κ1) is 24.8.